The van der Waals surface area contributed by atoms with Crippen LogP contribution in [0.4, 0.5) is 5.82 Å². The van der Waals surface area contributed by atoms with Crippen molar-refractivity contribution in [1.82, 2.24) is 19.6 Å². The van der Waals surface area contributed by atoms with Crippen LogP contribution >= 0.6 is 11.3 Å². The number of fused-ring (bicyclic) bond motifs is 1. The molecule has 0 saturated carbocycles. The van der Waals surface area contributed by atoms with Crippen molar-refractivity contribution in [3.8, 4) is 0 Å². The van der Waals surface area contributed by atoms with Gasteiger partial charge in [0, 0.05) is 23.5 Å². The van der Waals surface area contributed by atoms with Crippen molar-refractivity contribution in [2.75, 3.05) is 5.32 Å². The quantitative estimate of drug-likeness (QED) is 0.800. The first-order chi connectivity index (χ1) is 9.63. The summed E-state index contributed by atoms with van der Waals surface area (Å²) in [7, 11) is 0. The van der Waals surface area contributed by atoms with Gasteiger partial charge < -0.3 is 5.32 Å². The summed E-state index contributed by atoms with van der Waals surface area (Å²) in [6.07, 6.45) is 3.64. The predicted molar refractivity (Wildman–Crippen MR) is 81.3 cm³/mol. The van der Waals surface area contributed by atoms with E-state index in [-0.39, 0.29) is 0 Å². The van der Waals surface area contributed by atoms with Crippen LogP contribution in [0.15, 0.2) is 23.8 Å². The number of anilines is 1. The van der Waals surface area contributed by atoms with Crippen molar-refractivity contribution in [3.63, 3.8) is 0 Å². The predicted octanol–water partition coefficient (Wildman–Crippen LogP) is 3.23. The van der Waals surface area contributed by atoms with Crippen LogP contribution in [-0.2, 0) is 6.54 Å². The summed E-state index contributed by atoms with van der Waals surface area (Å²) >= 11 is 1.66. The Hall–Kier alpha value is -1.95. The Morgan fingerprint density at radius 2 is 2.25 bits per heavy atom. The number of hydrogen-bond donors (Lipinski definition) is 1. The van der Waals surface area contributed by atoms with E-state index in [2.05, 4.69) is 45.7 Å². The molecule has 0 unspecified atom stereocenters. The minimum atomic E-state index is 0.407. The monoisotopic (exact) mass is 287 g/mol. The lowest BCUT2D eigenvalue weighted by Crippen LogP contribution is -2.03. The van der Waals surface area contributed by atoms with E-state index in [4.69, 9.17) is 0 Å². The minimum Gasteiger partial charge on any atom is -0.362 e. The topological polar surface area (TPSA) is 55.1 Å². The summed E-state index contributed by atoms with van der Waals surface area (Å²) in [5, 5.41) is 11.0. The van der Waals surface area contributed by atoms with E-state index in [1.807, 2.05) is 17.6 Å². The third-order valence-corrected chi connectivity index (χ3v) is 4.04. The fourth-order valence-electron chi connectivity index (χ4n) is 2.00. The summed E-state index contributed by atoms with van der Waals surface area (Å²) in [6, 6.07) is 2.09. The van der Waals surface area contributed by atoms with Crippen LogP contribution in [0.25, 0.3) is 5.52 Å². The van der Waals surface area contributed by atoms with E-state index >= 15 is 0 Å². The number of aryl methyl sites for hydroxylation is 1. The van der Waals surface area contributed by atoms with Crippen LogP contribution in [0.5, 0.6) is 0 Å². The van der Waals surface area contributed by atoms with Crippen LogP contribution in [0.1, 0.15) is 36.2 Å². The number of rotatable bonds is 4. The first-order valence-corrected chi connectivity index (χ1v) is 7.50. The molecular weight excluding hydrogens is 270 g/mol. The van der Waals surface area contributed by atoms with Crippen molar-refractivity contribution >= 4 is 22.7 Å². The molecule has 5 nitrogen and oxygen atoms in total. The second-order valence-electron chi connectivity index (χ2n) is 5.07. The van der Waals surface area contributed by atoms with Crippen LogP contribution in [-0.4, -0.2) is 19.6 Å². The maximum Gasteiger partial charge on any atom is 0.152 e. The zero-order valence-corrected chi connectivity index (χ0v) is 12.6. The lowest BCUT2D eigenvalue weighted by atomic mass is 10.1. The average molecular weight is 287 g/mol. The zero-order valence-electron chi connectivity index (χ0n) is 11.8. The van der Waals surface area contributed by atoms with Crippen LogP contribution in [0, 0.1) is 6.92 Å². The van der Waals surface area contributed by atoms with Crippen LogP contribution in [0.3, 0.4) is 0 Å². The maximum atomic E-state index is 4.56. The lowest BCUT2D eigenvalue weighted by molar-refractivity contribution is 0.787. The average Bonchev–Trinajstić information content (AvgIpc) is 3.02. The van der Waals surface area contributed by atoms with Gasteiger partial charge in [0.05, 0.1) is 12.2 Å². The van der Waals surface area contributed by atoms with Gasteiger partial charge in [-0.1, -0.05) is 13.8 Å². The number of aromatic nitrogens is 4. The number of nitrogens with one attached hydrogen (secondary N) is 1. The molecule has 0 saturated heterocycles. The standard InChI is InChI=1S/C14H17N5S/c1-9(2)11-6-12-14(15-4-5-19(12)18-11)16-7-13-17-10(3)8-20-13/h4-6,8-9H,7H2,1-3H3,(H,15,16). The molecule has 0 aliphatic rings. The van der Waals surface area contributed by atoms with Crippen molar-refractivity contribution in [2.45, 2.75) is 33.2 Å². The molecule has 0 aliphatic carbocycles. The SMILES string of the molecule is Cc1csc(CNc2nccn3nc(C(C)C)cc23)n1. The largest absolute Gasteiger partial charge is 0.362 e. The molecule has 20 heavy (non-hydrogen) atoms. The smallest absolute Gasteiger partial charge is 0.152 e. The third kappa shape index (κ3) is 2.51. The normalized spacial score (nSPS) is 11.4. The molecule has 3 aromatic heterocycles. The highest BCUT2D eigenvalue weighted by Gasteiger charge is 2.10. The van der Waals surface area contributed by atoms with Gasteiger partial charge in [-0.25, -0.2) is 14.5 Å². The Kier molecular flexibility index (Phi) is 3.40. The second-order valence-corrected chi connectivity index (χ2v) is 6.01. The molecule has 1 N–H and O–H groups in total. The highest BCUT2D eigenvalue weighted by atomic mass is 32.1. The maximum absolute atomic E-state index is 4.56. The van der Waals surface area contributed by atoms with E-state index in [9.17, 15) is 0 Å². The van der Waals surface area contributed by atoms with Gasteiger partial charge in [-0.15, -0.1) is 11.3 Å². The van der Waals surface area contributed by atoms with Crippen molar-refractivity contribution < 1.29 is 0 Å². The van der Waals surface area contributed by atoms with Crippen LogP contribution in [0.2, 0.25) is 0 Å². The molecule has 0 aliphatic heterocycles. The van der Waals surface area contributed by atoms with Gasteiger partial charge >= 0.3 is 0 Å². The number of hydrogen-bond acceptors (Lipinski definition) is 5. The van der Waals surface area contributed by atoms with Gasteiger partial charge in [0.15, 0.2) is 5.82 Å². The summed E-state index contributed by atoms with van der Waals surface area (Å²) in [4.78, 5) is 8.85. The summed E-state index contributed by atoms with van der Waals surface area (Å²) in [6.45, 7) is 6.97. The molecule has 3 aromatic rings. The molecule has 6 heteroatoms. The van der Waals surface area contributed by atoms with E-state index in [0.717, 1.165) is 27.7 Å². The van der Waals surface area contributed by atoms with Gasteiger partial charge in [-0.05, 0) is 18.9 Å². The minimum absolute atomic E-state index is 0.407. The molecular formula is C14H17N5S. The van der Waals surface area contributed by atoms with Gasteiger partial charge in [-0.2, -0.15) is 5.10 Å². The van der Waals surface area contributed by atoms with Crippen molar-refractivity contribution in [1.29, 1.82) is 0 Å². The Morgan fingerprint density at radius 1 is 1.40 bits per heavy atom. The number of nitrogens with zero attached hydrogens (tertiary/aromatic N) is 4. The third-order valence-electron chi connectivity index (χ3n) is 3.07. The molecule has 0 aromatic carbocycles. The molecule has 104 valence electrons. The molecule has 0 radical (unpaired) electrons. The summed E-state index contributed by atoms with van der Waals surface area (Å²) in [5.41, 5.74) is 3.14. The highest BCUT2D eigenvalue weighted by molar-refractivity contribution is 7.09. The first-order valence-electron chi connectivity index (χ1n) is 6.62. The van der Waals surface area contributed by atoms with E-state index in [1.54, 1.807) is 17.5 Å². The lowest BCUT2D eigenvalue weighted by Gasteiger charge is -2.04. The van der Waals surface area contributed by atoms with Crippen LogP contribution < -0.4 is 5.32 Å². The Labute approximate surface area is 121 Å². The van der Waals surface area contributed by atoms with Gasteiger partial charge in [0.2, 0.25) is 0 Å². The Morgan fingerprint density at radius 3 is 2.95 bits per heavy atom. The molecule has 0 amide bonds. The summed E-state index contributed by atoms with van der Waals surface area (Å²) in [5.74, 6) is 1.25. The fraction of sp³-hybridized carbons (Fsp3) is 0.357. The Balaban J connectivity index is 1.87. The number of thiazole rings is 1. The van der Waals surface area contributed by atoms with Crippen molar-refractivity contribution in [2.24, 2.45) is 0 Å². The highest BCUT2D eigenvalue weighted by Crippen LogP contribution is 2.20. The fourth-order valence-corrected chi connectivity index (χ4v) is 2.71. The van der Waals surface area contributed by atoms with Gasteiger partial charge in [0.1, 0.15) is 10.5 Å². The van der Waals surface area contributed by atoms with Crippen molar-refractivity contribution in [3.05, 3.63) is 40.2 Å². The van der Waals surface area contributed by atoms with Gasteiger partial charge in [-0.3, -0.25) is 0 Å². The molecule has 0 bridgehead atoms. The van der Waals surface area contributed by atoms with E-state index < -0.39 is 0 Å². The molecule has 0 atom stereocenters. The van der Waals surface area contributed by atoms with Gasteiger partial charge in [0.25, 0.3) is 0 Å². The van der Waals surface area contributed by atoms with E-state index in [1.165, 1.54) is 0 Å². The molecule has 0 spiro atoms. The molecule has 3 heterocycles. The zero-order chi connectivity index (χ0) is 14.1. The van der Waals surface area contributed by atoms with E-state index in [0.29, 0.717) is 12.5 Å². The second kappa shape index (κ2) is 5.20. The first kappa shape index (κ1) is 13.1. The molecule has 3 rings (SSSR count). The Bertz CT molecular complexity index is 728. The molecule has 0 fully saturated rings. The summed E-state index contributed by atoms with van der Waals surface area (Å²) < 4.78 is 1.87.